The quantitative estimate of drug-likeness (QED) is 0.493. The van der Waals surface area contributed by atoms with E-state index in [1.165, 1.54) is 50.3 Å². The van der Waals surface area contributed by atoms with E-state index in [1.807, 2.05) is 7.05 Å². The van der Waals surface area contributed by atoms with Crippen molar-refractivity contribution in [3.05, 3.63) is 0 Å². The number of nitrogens with one attached hydrogen (secondary N) is 2. The van der Waals surface area contributed by atoms with Gasteiger partial charge in [0, 0.05) is 69.9 Å². The Balaban J connectivity index is 1.46. The summed E-state index contributed by atoms with van der Waals surface area (Å²) >= 11 is 2.10. The second-order valence-corrected chi connectivity index (χ2v) is 10.2. The molecule has 1 unspecified atom stereocenters. The summed E-state index contributed by atoms with van der Waals surface area (Å²) in [6.45, 7) is 12.9. The fraction of sp³-hybridized carbons (Fsp3) is 0.952. The maximum Gasteiger partial charge on any atom is 0.191 e. The van der Waals surface area contributed by atoms with Crippen LogP contribution >= 0.6 is 11.8 Å². The minimum Gasteiger partial charge on any atom is -0.374 e. The molecule has 6 nitrogen and oxygen atoms in total. The predicted octanol–water partition coefficient (Wildman–Crippen LogP) is 1.87. The van der Waals surface area contributed by atoms with E-state index < -0.39 is 0 Å². The Morgan fingerprint density at radius 2 is 1.93 bits per heavy atom. The van der Waals surface area contributed by atoms with Crippen molar-refractivity contribution < 1.29 is 4.74 Å². The third-order valence-electron chi connectivity index (χ3n) is 6.37. The number of nitrogens with zero attached hydrogens (tertiary/aromatic N) is 3. The van der Waals surface area contributed by atoms with Crippen molar-refractivity contribution in [1.82, 2.24) is 20.4 Å². The Labute approximate surface area is 176 Å². The first-order valence-electron chi connectivity index (χ1n) is 11.2. The predicted molar refractivity (Wildman–Crippen MR) is 120 cm³/mol. The van der Waals surface area contributed by atoms with Crippen LogP contribution in [0.25, 0.3) is 0 Å². The lowest BCUT2D eigenvalue weighted by atomic mass is 9.94. The molecule has 3 rings (SSSR count). The highest BCUT2D eigenvalue weighted by Crippen LogP contribution is 2.36. The second kappa shape index (κ2) is 11.0. The molecule has 2 aliphatic heterocycles. The molecule has 7 heteroatoms. The van der Waals surface area contributed by atoms with Crippen LogP contribution in [0.4, 0.5) is 0 Å². The SMILES string of the molecule is CN=C(NCC1CN(CC(C)C)CCO1)NCC1(N2CCSCC2)CCCC1. The molecule has 3 fully saturated rings. The molecule has 2 heterocycles. The number of morpholine rings is 1. The molecule has 3 aliphatic rings. The van der Waals surface area contributed by atoms with Crippen LogP contribution < -0.4 is 10.6 Å². The van der Waals surface area contributed by atoms with Gasteiger partial charge in [0.15, 0.2) is 5.96 Å². The molecule has 162 valence electrons. The standard InChI is InChI=1S/C21H41N5OS/c1-18(2)15-25-8-11-27-19(16-25)14-23-20(22-3)24-17-21(6-4-5-7-21)26-9-12-28-13-10-26/h18-19H,4-17H2,1-3H3,(H2,22,23,24). The molecule has 0 bridgehead atoms. The van der Waals surface area contributed by atoms with Gasteiger partial charge < -0.3 is 15.4 Å². The van der Waals surface area contributed by atoms with E-state index >= 15 is 0 Å². The lowest BCUT2D eigenvalue weighted by Crippen LogP contribution is -2.58. The fourth-order valence-electron chi connectivity index (χ4n) is 4.94. The second-order valence-electron chi connectivity index (χ2n) is 8.98. The Hall–Kier alpha value is -0.500. The van der Waals surface area contributed by atoms with Crippen LogP contribution in [0, 0.1) is 5.92 Å². The van der Waals surface area contributed by atoms with Crippen LogP contribution in [-0.2, 0) is 4.74 Å². The number of aliphatic imine (C=N–C) groups is 1. The van der Waals surface area contributed by atoms with Crippen LogP contribution in [0.2, 0.25) is 0 Å². The van der Waals surface area contributed by atoms with Crippen molar-refractivity contribution in [2.24, 2.45) is 10.9 Å². The number of hydrogen-bond donors (Lipinski definition) is 2. The van der Waals surface area contributed by atoms with Crippen LogP contribution in [-0.4, -0.2) is 98.4 Å². The van der Waals surface area contributed by atoms with Crippen molar-refractivity contribution in [2.75, 3.05) is 71.0 Å². The Morgan fingerprint density at radius 1 is 1.18 bits per heavy atom. The molecule has 0 spiro atoms. The van der Waals surface area contributed by atoms with E-state index in [0.717, 1.165) is 45.3 Å². The van der Waals surface area contributed by atoms with Crippen molar-refractivity contribution in [2.45, 2.75) is 51.2 Å². The van der Waals surface area contributed by atoms with Gasteiger partial charge in [0.25, 0.3) is 0 Å². The van der Waals surface area contributed by atoms with Crippen LogP contribution in [0.1, 0.15) is 39.5 Å². The van der Waals surface area contributed by atoms with Crippen LogP contribution in [0.5, 0.6) is 0 Å². The molecule has 0 aromatic rings. The maximum absolute atomic E-state index is 5.98. The summed E-state index contributed by atoms with van der Waals surface area (Å²) in [6.07, 6.45) is 5.60. The van der Waals surface area contributed by atoms with Crippen molar-refractivity contribution >= 4 is 17.7 Å². The fourth-order valence-corrected chi connectivity index (χ4v) is 5.84. The van der Waals surface area contributed by atoms with Gasteiger partial charge in [0.05, 0.1) is 12.7 Å². The number of guanidine groups is 1. The summed E-state index contributed by atoms with van der Waals surface area (Å²) in [5, 5.41) is 7.18. The maximum atomic E-state index is 5.98. The zero-order valence-electron chi connectivity index (χ0n) is 18.2. The summed E-state index contributed by atoms with van der Waals surface area (Å²) < 4.78 is 5.98. The summed E-state index contributed by atoms with van der Waals surface area (Å²) in [6, 6.07) is 0. The summed E-state index contributed by atoms with van der Waals surface area (Å²) in [5.74, 6) is 4.18. The monoisotopic (exact) mass is 411 g/mol. The molecular weight excluding hydrogens is 370 g/mol. The molecular formula is C21H41N5OS. The van der Waals surface area contributed by atoms with Crippen molar-refractivity contribution in [3.8, 4) is 0 Å². The molecule has 0 amide bonds. The van der Waals surface area contributed by atoms with E-state index in [1.54, 1.807) is 0 Å². The topological polar surface area (TPSA) is 52.1 Å². The van der Waals surface area contributed by atoms with Crippen molar-refractivity contribution in [3.63, 3.8) is 0 Å². The average molecular weight is 412 g/mol. The lowest BCUT2D eigenvalue weighted by Gasteiger charge is -2.43. The van der Waals surface area contributed by atoms with E-state index in [9.17, 15) is 0 Å². The van der Waals surface area contributed by atoms with Gasteiger partial charge >= 0.3 is 0 Å². The summed E-state index contributed by atoms with van der Waals surface area (Å²) in [5.41, 5.74) is 0.327. The van der Waals surface area contributed by atoms with Gasteiger partial charge in [-0.1, -0.05) is 26.7 Å². The van der Waals surface area contributed by atoms with E-state index in [2.05, 4.69) is 51.0 Å². The number of rotatable bonds is 7. The number of ether oxygens (including phenoxy) is 1. The molecule has 1 atom stereocenters. The third kappa shape index (κ3) is 6.25. The van der Waals surface area contributed by atoms with E-state index in [-0.39, 0.29) is 6.10 Å². The highest BCUT2D eigenvalue weighted by molar-refractivity contribution is 7.99. The number of hydrogen-bond acceptors (Lipinski definition) is 5. The van der Waals surface area contributed by atoms with Crippen LogP contribution in [0.3, 0.4) is 0 Å². The van der Waals surface area contributed by atoms with Gasteiger partial charge in [-0.05, 0) is 18.8 Å². The van der Waals surface area contributed by atoms with Gasteiger partial charge in [-0.3, -0.25) is 14.8 Å². The molecule has 0 aromatic heterocycles. The largest absolute Gasteiger partial charge is 0.374 e. The van der Waals surface area contributed by atoms with Crippen LogP contribution in [0.15, 0.2) is 4.99 Å². The van der Waals surface area contributed by atoms with Gasteiger partial charge in [0.1, 0.15) is 0 Å². The zero-order chi connectivity index (χ0) is 19.8. The first kappa shape index (κ1) is 22.2. The zero-order valence-corrected chi connectivity index (χ0v) is 19.0. The Bertz CT molecular complexity index is 489. The highest BCUT2D eigenvalue weighted by Gasteiger charge is 2.40. The first-order chi connectivity index (χ1) is 13.6. The number of thioether (sulfide) groups is 1. The molecule has 2 saturated heterocycles. The minimum absolute atomic E-state index is 0.241. The summed E-state index contributed by atoms with van der Waals surface area (Å²) in [7, 11) is 1.88. The lowest BCUT2D eigenvalue weighted by molar-refractivity contribution is -0.0284. The molecule has 0 radical (unpaired) electrons. The molecule has 28 heavy (non-hydrogen) atoms. The van der Waals surface area contributed by atoms with Gasteiger partial charge in [-0.25, -0.2) is 0 Å². The molecule has 1 saturated carbocycles. The van der Waals surface area contributed by atoms with Crippen molar-refractivity contribution in [1.29, 1.82) is 0 Å². The minimum atomic E-state index is 0.241. The molecule has 2 N–H and O–H groups in total. The van der Waals surface area contributed by atoms with E-state index in [0.29, 0.717) is 11.5 Å². The highest BCUT2D eigenvalue weighted by atomic mass is 32.2. The Kier molecular flexibility index (Phi) is 8.75. The smallest absolute Gasteiger partial charge is 0.191 e. The van der Waals surface area contributed by atoms with Gasteiger partial charge in [-0.15, -0.1) is 0 Å². The van der Waals surface area contributed by atoms with Gasteiger partial charge in [0.2, 0.25) is 0 Å². The molecule has 1 aliphatic carbocycles. The average Bonchev–Trinajstić information content (AvgIpc) is 3.19. The third-order valence-corrected chi connectivity index (χ3v) is 7.31. The normalized spacial score (nSPS) is 27.3. The van der Waals surface area contributed by atoms with E-state index in [4.69, 9.17) is 4.74 Å². The Morgan fingerprint density at radius 3 is 2.61 bits per heavy atom. The summed E-state index contributed by atoms with van der Waals surface area (Å²) in [4.78, 5) is 9.76. The first-order valence-corrected chi connectivity index (χ1v) is 12.4. The molecule has 0 aromatic carbocycles. The van der Waals surface area contributed by atoms with Gasteiger partial charge in [-0.2, -0.15) is 11.8 Å².